The Kier molecular flexibility index (Phi) is 3.72. The molecule has 1 N–H and O–H groups in total. The van der Waals surface area contributed by atoms with Crippen molar-refractivity contribution in [2.45, 2.75) is 32.3 Å². The van der Waals surface area contributed by atoms with Gasteiger partial charge < -0.3 is 10.0 Å². The lowest BCUT2D eigenvalue weighted by atomic mass is 10.2. The lowest BCUT2D eigenvalue weighted by Crippen LogP contribution is -2.23. The van der Waals surface area contributed by atoms with E-state index in [1.807, 2.05) is 6.92 Å². The van der Waals surface area contributed by atoms with Crippen molar-refractivity contribution in [3.05, 3.63) is 16.1 Å². The fourth-order valence-corrected chi connectivity index (χ4v) is 2.67. The smallest absolute Gasteiger partial charge is 0.0897 e. The fraction of sp³-hybridized carbons (Fsp3) is 0.727. The number of β-amino-alcohol motifs (C(OH)–C–C–N with tert-alkyl or cyclic N) is 1. The van der Waals surface area contributed by atoms with E-state index < -0.39 is 0 Å². The largest absolute Gasteiger partial charge is 0.392 e. The minimum absolute atomic E-state index is 0.0912. The second-order valence-corrected chi connectivity index (χ2v) is 5.27. The molecule has 1 aliphatic heterocycles. The van der Waals surface area contributed by atoms with Crippen molar-refractivity contribution in [1.29, 1.82) is 0 Å². The van der Waals surface area contributed by atoms with Crippen LogP contribution in [0.3, 0.4) is 0 Å². The van der Waals surface area contributed by atoms with Crippen LogP contribution in [0.2, 0.25) is 0 Å². The molecule has 0 amide bonds. The maximum Gasteiger partial charge on any atom is 0.0897 e. The normalized spacial score (nSPS) is 22.4. The molecule has 84 valence electrons. The van der Waals surface area contributed by atoms with Gasteiger partial charge in [-0.2, -0.15) is 0 Å². The van der Waals surface area contributed by atoms with Crippen molar-refractivity contribution in [3.8, 4) is 0 Å². The van der Waals surface area contributed by atoms with Gasteiger partial charge in [-0.1, -0.05) is 0 Å². The summed E-state index contributed by atoms with van der Waals surface area (Å²) in [4.78, 5) is 6.78. The van der Waals surface area contributed by atoms with Gasteiger partial charge in [0, 0.05) is 18.5 Å². The van der Waals surface area contributed by atoms with Crippen molar-refractivity contribution in [3.63, 3.8) is 0 Å². The molecule has 0 aromatic carbocycles. The fourth-order valence-electron chi connectivity index (χ4n) is 2.02. The molecule has 2 heterocycles. The first-order valence-corrected chi connectivity index (χ1v) is 6.43. The molecule has 1 aliphatic rings. The standard InChI is InChI=1S/C11H18N2OS/c1-9-12-10(8-15-9)3-2-5-13-6-4-11(14)7-13/h8,11,14H,2-7H2,1H3/t11-/m0/s1. The van der Waals surface area contributed by atoms with E-state index in [4.69, 9.17) is 0 Å². The Bertz CT molecular complexity index is 313. The maximum absolute atomic E-state index is 9.37. The first-order chi connectivity index (χ1) is 7.24. The van der Waals surface area contributed by atoms with E-state index in [0.29, 0.717) is 0 Å². The highest BCUT2D eigenvalue weighted by molar-refractivity contribution is 7.09. The molecule has 1 fully saturated rings. The Morgan fingerprint density at radius 3 is 3.13 bits per heavy atom. The monoisotopic (exact) mass is 226 g/mol. The molecule has 3 nitrogen and oxygen atoms in total. The number of aliphatic hydroxyl groups is 1. The van der Waals surface area contributed by atoms with Gasteiger partial charge in [-0.15, -0.1) is 11.3 Å². The number of nitrogens with zero attached hydrogens (tertiary/aromatic N) is 2. The lowest BCUT2D eigenvalue weighted by Gasteiger charge is -2.13. The van der Waals surface area contributed by atoms with Gasteiger partial charge in [0.2, 0.25) is 0 Å². The number of aryl methyl sites for hydroxylation is 2. The molecule has 1 atom stereocenters. The molecule has 1 aromatic heterocycles. The second-order valence-electron chi connectivity index (χ2n) is 4.20. The van der Waals surface area contributed by atoms with Gasteiger partial charge in [0.1, 0.15) is 0 Å². The molecule has 0 radical (unpaired) electrons. The summed E-state index contributed by atoms with van der Waals surface area (Å²) in [5.41, 5.74) is 1.22. The topological polar surface area (TPSA) is 36.4 Å². The van der Waals surface area contributed by atoms with Crippen LogP contribution in [0.15, 0.2) is 5.38 Å². The zero-order valence-corrected chi connectivity index (χ0v) is 9.96. The summed E-state index contributed by atoms with van der Waals surface area (Å²) in [6, 6.07) is 0. The average molecular weight is 226 g/mol. The third-order valence-corrected chi connectivity index (χ3v) is 3.64. The van der Waals surface area contributed by atoms with Crippen LogP contribution >= 0.6 is 11.3 Å². The summed E-state index contributed by atoms with van der Waals surface area (Å²) in [5.74, 6) is 0. The summed E-state index contributed by atoms with van der Waals surface area (Å²) in [7, 11) is 0. The van der Waals surface area contributed by atoms with Crippen LogP contribution in [0.1, 0.15) is 23.5 Å². The average Bonchev–Trinajstić information content (AvgIpc) is 2.76. The zero-order chi connectivity index (χ0) is 10.7. The van der Waals surface area contributed by atoms with Gasteiger partial charge in [-0.25, -0.2) is 4.98 Å². The van der Waals surface area contributed by atoms with Gasteiger partial charge in [0.15, 0.2) is 0 Å². The van der Waals surface area contributed by atoms with Crippen molar-refractivity contribution in [2.24, 2.45) is 0 Å². The van der Waals surface area contributed by atoms with Crippen LogP contribution in [0.25, 0.3) is 0 Å². The number of rotatable bonds is 4. The SMILES string of the molecule is Cc1nc(CCCN2CC[C@H](O)C2)cs1. The number of likely N-dealkylation sites (tertiary alicyclic amines) is 1. The highest BCUT2D eigenvalue weighted by Crippen LogP contribution is 2.12. The van der Waals surface area contributed by atoms with Crippen LogP contribution in [-0.2, 0) is 6.42 Å². The van der Waals surface area contributed by atoms with Crippen LogP contribution in [0.4, 0.5) is 0 Å². The van der Waals surface area contributed by atoms with Crippen LogP contribution in [0, 0.1) is 6.92 Å². The highest BCUT2D eigenvalue weighted by Gasteiger charge is 2.19. The van der Waals surface area contributed by atoms with E-state index in [1.54, 1.807) is 11.3 Å². The Hall–Kier alpha value is -0.450. The third-order valence-electron chi connectivity index (χ3n) is 2.82. The minimum atomic E-state index is -0.0912. The molecule has 0 spiro atoms. The summed E-state index contributed by atoms with van der Waals surface area (Å²) < 4.78 is 0. The van der Waals surface area contributed by atoms with E-state index >= 15 is 0 Å². The van der Waals surface area contributed by atoms with Crippen molar-refractivity contribution >= 4 is 11.3 Å². The lowest BCUT2D eigenvalue weighted by molar-refractivity contribution is 0.176. The van der Waals surface area contributed by atoms with E-state index in [0.717, 1.165) is 43.9 Å². The third kappa shape index (κ3) is 3.26. The van der Waals surface area contributed by atoms with E-state index in [2.05, 4.69) is 15.3 Å². The van der Waals surface area contributed by atoms with Crippen LogP contribution < -0.4 is 0 Å². The first-order valence-electron chi connectivity index (χ1n) is 5.55. The molecule has 0 unspecified atom stereocenters. The molecule has 1 aromatic rings. The number of hydrogen-bond acceptors (Lipinski definition) is 4. The van der Waals surface area contributed by atoms with Crippen molar-refractivity contribution in [1.82, 2.24) is 9.88 Å². The predicted molar refractivity (Wildman–Crippen MR) is 62.2 cm³/mol. The Balaban J connectivity index is 1.67. The van der Waals surface area contributed by atoms with Crippen molar-refractivity contribution in [2.75, 3.05) is 19.6 Å². The maximum atomic E-state index is 9.37. The quantitative estimate of drug-likeness (QED) is 0.844. The molecule has 0 saturated carbocycles. The number of aromatic nitrogens is 1. The molecule has 15 heavy (non-hydrogen) atoms. The van der Waals surface area contributed by atoms with Crippen molar-refractivity contribution < 1.29 is 5.11 Å². The van der Waals surface area contributed by atoms with Crippen LogP contribution in [0.5, 0.6) is 0 Å². The molecule has 0 aliphatic carbocycles. The molecule has 1 saturated heterocycles. The van der Waals surface area contributed by atoms with Gasteiger partial charge >= 0.3 is 0 Å². The number of thiazole rings is 1. The Labute approximate surface area is 94.8 Å². The minimum Gasteiger partial charge on any atom is -0.392 e. The summed E-state index contributed by atoms with van der Waals surface area (Å²) >= 11 is 1.72. The molecular weight excluding hydrogens is 208 g/mol. The molecular formula is C11H18N2OS. The summed E-state index contributed by atoms with van der Waals surface area (Å²) in [6.07, 6.45) is 3.06. The van der Waals surface area contributed by atoms with Gasteiger partial charge in [0.25, 0.3) is 0 Å². The molecule has 2 rings (SSSR count). The van der Waals surface area contributed by atoms with E-state index in [1.165, 1.54) is 5.69 Å². The van der Waals surface area contributed by atoms with Gasteiger partial charge in [0.05, 0.1) is 16.8 Å². The van der Waals surface area contributed by atoms with E-state index in [-0.39, 0.29) is 6.10 Å². The number of aliphatic hydroxyl groups excluding tert-OH is 1. The first kappa shape index (κ1) is 11.0. The van der Waals surface area contributed by atoms with Crippen LogP contribution in [-0.4, -0.2) is 40.7 Å². The van der Waals surface area contributed by atoms with Gasteiger partial charge in [-0.3, -0.25) is 0 Å². The highest BCUT2D eigenvalue weighted by atomic mass is 32.1. The second kappa shape index (κ2) is 5.05. The molecule has 0 bridgehead atoms. The predicted octanol–water partition coefficient (Wildman–Crippen LogP) is 1.45. The number of hydrogen-bond donors (Lipinski definition) is 1. The summed E-state index contributed by atoms with van der Waals surface area (Å²) in [5, 5.41) is 12.7. The molecule has 4 heteroatoms. The Morgan fingerprint density at radius 2 is 2.53 bits per heavy atom. The van der Waals surface area contributed by atoms with Gasteiger partial charge in [-0.05, 0) is 32.7 Å². The van der Waals surface area contributed by atoms with E-state index in [9.17, 15) is 5.11 Å². The summed E-state index contributed by atoms with van der Waals surface area (Å²) in [6.45, 7) is 5.05. The zero-order valence-electron chi connectivity index (χ0n) is 9.15. The Morgan fingerprint density at radius 1 is 1.67 bits per heavy atom.